The molecule has 2 N–H and O–H groups in total. The highest BCUT2D eigenvalue weighted by Crippen LogP contribution is 2.14. The van der Waals surface area contributed by atoms with Crippen LogP contribution in [0, 0.1) is 11.8 Å². The number of furan rings is 1. The van der Waals surface area contributed by atoms with Gasteiger partial charge in [-0.05, 0) is 24.5 Å². The molecule has 0 aliphatic rings. The highest BCUT2D eigenvalue weighted by atomic mass is 16.3. The third-order valence-electron chi connectivity index (χ3n) is 2.74. The molecule has 4 heteroatoms. The monoisotopic (exact) mass is 238 g/mol. The van der Waals surface area contributed by atoms with E-state index in [0.29, 0.717) is 19.0 Å². The average Bonchev–Trinajstić information content (AvgIpc) is 2.77. The Kier molecular flexibility index (Phi) is 5.22. The molecule has 0 aliphatic heterocycles. The SMILES string of the molecule is CC(C)CC(CN)C(=O)N(C)Cc1ccco1. The first-order valence-corrected chi connectivity index (χ1v) is 6.02. The fourth-order valence-corrected chi connectivity index (χ4v) is 1.89. The number of nitrogens with two attached hydrogens (primary N) is 1. The molecule has 4 nitrogen and oxygen atoms in total. The maximum atomic E-state index is 12.1. The van der Waals surface area contributed by atoms with Crippen molar-refractivity contribution in [2.45, 2.75) is 26.8 Å². The number of rotatable bonds is 6. The van der Waals surface area contributed by atoms with Crippen LogP contribution in [-0.2, 0) is 11.3 Å². The smallest absolute Gasteiger partial charge is 0.227 e. The van der Waals surface area contributed by atoms with Crippen LogP contribution >= 0.6 is 0 Å². The molecule has 17 heavy (non-hydrogen) atoms. The van der Waals surface area contributed by atoms with Gasteiger partial charge < -0.3 is 15.1 Å². The predicted molar refractivity (Wildman–Crippen MR) is 67.2 cm³/mol. The summed E-state index contributed by atoms with van der Waals surface area (Å²) in [6, 6.07) is 3.69. The van der Waals surface area contributed by atoms with Crippen LogP contribution in [-0.4, -0.2) is 24.4 Å². The van der Waals surface area contributed by atoms with Crippen molar-refractivity contribution in [1.82, 2.24) is 4.90 Å². The van der Waals surface area contributed by atoms with Crippen molar-refractivity contribution >= 4 is 5.91 Å². The molecule has 1 unspecified atom stereocenters. The molecule has 96 valence electrons. The number of carbonyl (C=O) groups is 1. The molecule has 1 aromatic rings. The Morgan fingerprint density at radius 2 is 2.24 bits per heavy atom. The molecule has 1 amide bonds. The summed E-state index contributed by atoms with van der Waals surface area (Å²) in [5.41, 5.74) is 5.66. The molecule has 0 saturated heterocycles. The van der Waals surface area contributed by atoms with E-state index in [1.807, 2.05) is 12.1 Å². The summed E-state index contributed by atoms with van der Waals surface area (Å²) in [6.07, 6.45) is 2.44. The molecule has 1 rings (SSSR count). The Hall–Kier alpha value is -1.29. The quantitative estimate of drug-likeness (QED) is 0.823. The lowest BCUT2D eigenvalue weighted by Crippen LogP contribution is -2.36. The highest BCUT2D eigenvalue weighted by Gasteiger charge is 2.22. The Bertz CT molecular complexity index is 333. The van der Waals surface area contributed by atoms with Crippen LogP contribution in [0.2, 0.25) is 0 Å². The van der Waals surface area contributed by atoms with Gasteiger partial charge in [-0.2, -0.15) is 0 Å². The van der Waals surface area contributed by atoms with Crippen LogP contribution in [0.5, 0.6) is 0 Å². The zero-order valence-electron chi connectivity index (χ0n) is 10.8. The van der Waals surface area contributed by atoms with Gasteiger partial charge in [-0.1, -0.05) is 13.8 Å². The third kappa shape index (κ3) is 4.23. The van der Waals surface area contributed by atoms with Gasteiger partial charge in [0.05, 0.1) is 18.7 Å². The van der Waals surface area contributed by atoms with Crippen molar-refractivity contribution < 1.29 is 9.21 Å². The number of hydrogen-bond donors (Lipinski definition) is 1. The van der Waals surface area contributed by atoms with E-state index >= 15 is 0 Å². The first-order valence-electron chi connectivity index (χ1n) is 6.02. The van der Waals surface area contributed by atoms with Crippen LogP contribution < -0.4 is 5.73 Å². The minimum atomic E-state index is -0.0880. The van der Waals surface area contributed by atoms with E-state index in [2.05, 4.69) is 13.8 Å². The third-order valence-corrected chi connectivity index (χ3v) is 2.74. The van der Waals surface area contributed by atoms with Gasteiger partial charge in [-0.15, -0.1) is 0 Å². The molecule has 0 aliphatic carbocycles. The summed E-state index contributed by atoms with van der Waals surface area (Å²) in [4.78, 5) is 13.8. The van der Waals surface area contributed by atoms with Gasteiger partial charge in [0.25, 0.3) is 0 Å². The first-order chi connectivity index (χ1) is 8.04. The molecule has 0 aromatic carbocycles. The molecular weight excluding hydrogens is 216 g/mol. The van der Waals surface area contributed by atoms with Crippen molar-refractivity contribution in [1.29, 1.82) is 0 Å². The van der Waals surface area contributed by atoms with Crippen molar-refractivity contribution in [2.24, 2.45) is 17.6 Å². The van der Waals surface area contributed by atoms with Gasteiger partial charge in [-0.3, -0.25) is 4.79 Å². The maximum absolute atomic E-state index is 12.1. The Labute approximate surface area is 103 Å². The predicted octanol–water partition coefficient (Wildman–Crippen LogP) is 1.86. The molecule has 0 spiro atoms. The summed E-state index contributed by atoms with van der Waals surface area (Å²) in [5, 5.41) is 0. The molecule has 0 fully saturated rings. The summed E-state index contributed by atoms with van der Waals surface area (Å²) in [6.45, 7) is 5.10. The minimum absolute atomic E-state index is 0.0880. The Balaban J connectivity index is 2.54. The Morgan fingerprint density at radius 1 is 1.53 bits per heavy atom. The molecule has 0 radical (unpaired) electrons. The minimum Gasteiger partial charge on any atom is -0.467 e. The van der Waals surface area contributed by atoms with Crippen LogP contribution in [0.15, 0.2) is 22.8 Å². The van der Waals surface area contributed by atoms with Crippen molar-refractivity contribution in [2.75, 3.05) is 13.6 Å². The number of hydrogen-bond acceptors (Lipinski definition) is 3. The second-order valence-electron chi connectivity index (χ2n) is 4.84. The van der Waals surface area contributed by atoms with Gasteiger partial charge >= 0.3 is 0 Å². The molecule has 0 saturated carbocycles. The second kappa shape index (κ2) is 6.45. The van der Waals surface area contributed by atoms with E-state index in [9.17, 15) is 4.79 Å². The lowest BCUT2D eigenvalue weighted by atomic mass is 9.96. The summed E-state index contributed by atoms with van der Waals surface area (Å²) >= 11 is 0. The lowest BCUT2D eigenvalue weighted by molar-refractivity contribution is -0.135. The standard InChI is InChI=1S/C13H22N2O2/c1-10(2)7-11(8-14)13(16)15(3)9-12-5-4-6-17-12/h4-6,10-11H,7-9,14H2,1-3H3. The van der Waals surface area contributed by atoms with Crippen LogP contribution in [0.3, 0.4) is 0 Å². The zero-order valence-corrected chi connectivity index (χ0v) is 10.8. The fraction of sp³-hybridized carbons (Fsp3) is 0.615. The number of nitrogens with zero attached hydrogens (tertiary/aromatic N) is 1. The van der Waals surface area contributed by atoms with Crippen molar-refractivity contribution in [3.05, 3.63) is 24.2 Å². The van der Waals surface area contributed by atoms with Crippen LogP contribution in [0.1, 0.15) is 26.0 Å². The first kappa shape index (κ1) is 13.8. The topological polar surface area (TPSA) is 59.5 Å². The normalized spacial score (nSPS) is 12.8. The van der Waals surface area contributed by atoms with E-state index in [4.69, 9.17) is 10.2 Å². The van der Waals surface area contributed by atoms with Crippen molar-refractivity contribution in [3.63, 3.8) is 0 Å². The van der Waals surface area contributed by atoms with E-state index in [-0.39, 0.29) is 11.8 Å². The van der Waals surface area contributed by atoms with Gasteiger partial charge in [0.1, 0.15) is 5.76 Å². The summed E-state index contributed by atoms with van der Waals surface area (Å²) in [7, 11) is 1.79. The van der Waals surface area contributed by atoms with Gasteiger partial charge in [0.15, 0.2) is 0 Å². The Morgan fingerprint density at radius 3 is 2.71 bits per heavy atom. The van der Waals surface area contributed by atoms with Crippen molar-refractivity contribution in [3.8, 4) is 0 Å². The number of amides is 1. The molecule has 1 atom stereocenters. The van der Waals surface area contributed by atoms with Gasteiger partial charge in [0.2, 0.25) is 5.91 Å². The number of carbonyl (C=O) groups excluding carboxylic acids is 1. The van der Waals surface area contributed by atoms with E-state index in [1.54, 1.807) is 18.2 Å². The largest absolute Gasteiger partial charge is 0.467 e. The highest BCUT2D eigenvalue weighted by molar-refractivity contribution is 5.78. The summed E-state index contributed by atoms with van der Waals surface area (Å²) < 4.78 is 5.22. The van der Waals surface area contributed by atoms with Gasteiger partial charge in [0, 0.05) is 13.6 Å². The van der Waals surface area contributed by atoms with E-state index < -0.39 is 0 Å². The van der Waals surface area contributed by atoms with Crippen LogP contribution in [0.4, 0.5) is 0 Å². The molecule has 0 bridgehead atoms. The molecule has 1 aromatic heterocycles. The van der Waals surface area contributed by atoms with E-state index in [1.165, 1.54) is 0 Å². The lowest BCUT2D eigenvalue weighted by Gasteiger charge is -2.23. The average molecular weight is 238 g/mol. The van der Waals surface area contributed by atoms with Crippen LogP contribution in [0.25, 0.3) is 0 Å². The second-order valence-corrected chi connectivity index (χ2v) is 4.84. The fourth-order valence-electron chi connectivity index (χ4n) is 1.89. The maximum Gasteiger partial charge on any atom is 0.227 e. The summed E-state index contributed by atoms with van der Waals surface area (Å²) in [5.74, 6) is 1.28. The molecular formula is C13H22N2O2. The van der Waals surface area contributed by atoms with E-state index in [0.717, 1.165) is 12.2 Å². The molecule has 1 heterocycles. The zero-order chi connectivity index (χ0) is 12.8. The van der Waals surface area contributed by atoms with Gasteiger partial charge in [-0.25, -0.2) is 0 Å².